The Morgan fingerprint density at radius 2 is 1.91 bits per heavy atom. The molecular formula is C19H23N3. The zero-order valence-corrected chi connectivity index (χ0v) is 13.7. The molecule has 3 rings (SSSR count). The lowest BCUT2D eigenvalue weighted by Crippen LogP contribution is -2.13. The van der Waals surface area contributed by atoms with Crippen molar-refractivity contribution in [1.29, 1.82) is 0 Å². The van der Waals surface area contributed by atoms with Crippen LogP contribution in [0.5, 0.6) is 0 Å². The van der Waals surface area contributed by atoms with E-state index < -0.39 is 0 Å². The molecule has 0 saturated carbocycles. The van der Waals surface area contributed by atoms with Gasteiger partial charge in [0.2, 0.25) is 0 Å². The van der Waals surface area contributed by atoms with E-state index in [0.717, 1.165) is 11.3 Å². The van der Waals surface area contributed by atoms with Crippen LogP contribution in [0.15, 0.2) is 36.4 Å². The Labute approximate surface area is 131 Å². The highest BCUT2D eigenvalue weighted by Crippen LogP contribution is 2.32. The zero-order valence-electron chi connectivity index (χ0n) is 13.7. The summed E-state index contributed by atoms with van der Waals surface area (Å²) >= 11 is 0. The molecular weight excluding hydrogens is 270 g/mol. The number of imidazole rings is 1. The number of benzene rings is 1. The fourth-order valence-corrected chi connectivity index (χ4v) is 3.12. The maximum Gasteiger partial charge on any atom is 0.137 e. The van der Waals surface area contributed by atoms with Crippen molar-refractivity contribution in [2.45, 2.75) is 33.6 Å². The van der Waals surface area contributed by atoms with Gasteiger partial charge in [-0.25, -0.2) is 4.98 Å². The van der Waals surface area contributed by atoms with Crippen molar-refractivity contribution in [3.8, 4) is 11.3 Å². The van der Waals surface area contributed by atoms with Gasteiger partial charge in [-0.3, -0.25) is 0 Å². The summed E-state index contributed by atoms with van der Waals surface area (Å²) in [6.07, 6.45) is 0. The predicted octanol–water partition coefficient (Wildman–Crippen LogP) is 3.99. The summed E-state index contributed by atoms with van der Waals surface area (Å²) < 4.78 is 2.24. The maximum atomic E-state index is 5.97. The van der Waals surface area contributed by atoms with E-state index in [9.17, 15) is 0 Å². The lowest BCUT2D eigenvalue weighted by Gasteiger charge is -2.14. The Morgan fingerprint density at radius 3 is 2.59 bits per heavy atom. The largest absolute Gasteiger partial charge is 0.330 e. The molecule has 1 aromatic carbocycles. The van der Waals surface area contributed by atoms with E-state index in [4.69, 9.17) is 10.7 Å². The molecule has 114 valence electrons. The Bertz CT molecular complexity index is 830. The lowest BCUT2D eigenvalue weighted by molar-refractivity contribution is 0.733. The molecule has 22 heavy (non-hydrogen) atoms. The maximum absolute atomic E-state index is 5.97. The second-order valence-corrected chi connectivity index (χ2v) is 6.16. The Hall–Kier alpha value is -2.13. The summed E-state index contributed by atoms with van der Waals surface area (Å²) in [6, 6.07) is 12.8. The van der Waals surface area contributed by atoms with Gasteiger partial charge in [-0.15, -0.1) is 0 Å². The normalized spacial score (nSPS) is 12.8. The van der Waals surface area contributed by atoms with Crippen molar-refractivity contribution in [2.24, 2.45) is 5.73 Å². The summed E-state index contributed by atoms with van der Waals surface area (Å²) in [6.45, 7) is 9.17. The molecule has 1 atom stereocenters. The number of aromatic nitrogens is 2. The van der Waals surface area contributed by atoms with E-state index in [1.165, 1.54) is 28.1 Å². The van der Waals surface area contributed by atoms with E-state index in [0.29, 0.717) is 6.54 Å². The zero-order chi connectivity index (χ0) is 15.9. The molecule has 2 heterocycles. The van der Waals surface area contributed by atoms with Gasteiger partial charge in [0.25, 0.3) is 0 Å². The van der Waals surface area contributed by atoms with Crippen molar-refractivity contribution in [3.05, 3.63) is 58.9 Å². The van der Waals surface area contributed by atoms with Crippen molar-refractivity contribution < 1.29 is 0 Å². The number of hydrogen-bond donors (Lipinski definition) is 1. The van der Waals surface area contributed by atoms with Gasteiger partial charge in [-0.1, -0.05) is 36.8 Å². The highest BCUT2D eigenvalue weighted by molar-refractivity contribution is 5.71. The van der Waals surface area contributed by atoms with Crippen LogP contribution in [0.3, 0.4) is 0 Å². The van der Waals surface area contributed by atoms with Gasteiger partial charge < -0.3 is 10.1 Å². The first kappa shape index (κ1) is 14.8. The molecule has 3 heteroatoms. The predicted molar refractivity (Wildman–Crippen MR) is 92.3 cm³/mol. The van der Waals surface area contributed by atoms with Crippen LogP contribution in [0.4, 0.5) is 0 Å². The van der Waals surface area contributed by atoms with Crippen LogP contribution in [0.25, 0.3) is 16.9 Å². The molecule has 0 amide bonds. The summed E-state index contributed by atoms with van der Waals surface area (Å²) in [5.41, 5.74) is 14.2. The van der Waals surface area contributed by atoms with Gasteiger partial charge in [-0.05, 0) is 38.5 Å². The fraction of sp³-hybridized carbons (Fsp3) is 0.316. The monoisotopic (exact) mass is 293 g/mol. The first-order valence-corrected chi connectivity index (χ1v) is 7.78. The van der Waals surface area contributed by atoms with Gasteiger partial charge in [0.05, 0.1) is 11.4 Å². The second-order valence-electron chi connectivity index (χ2n) is 6.16. The van der Waals surface area contributed by atoms with Crippen LogP contribution in [0, 0.1) is 20.8 Å². The van der Waals surface area contributed by atoms with Gasteiger partial charge in [-0.2, -0.15) is 0 Å². The minimum absolute atomic E-state index is 0.256. The van der Waals surface area contributed by atoms with Gasteiger partial charge in [0, 0.05) is 23.7 Å². The van der Waals surface area contributed by atoms with E-state index in [1.807, 2.05) is 0 Å². The van der Waals surface area contributed by atoms with Crippen molar-refractivity contribution in [2.75, 3.05) is 6.54 Å². The number of rotatable bonds is 3. The molecule has 1 unspecified atom stereocenters. The van der Waals surface area contributed by atoms with E-state index in [2.05, 4.69) is 68.5 Å². The third kappa shape index (κ3) is 2.32. The molecule has 0 fully saturated rings. The van der Waals surface area contributed by atoms with Crippen molar-refractivity contribution in [3.63, 3.8) is 0 Å². The lowest BCUT2D eigenvalue weighted by atomic mass is 9.97. The van der Waals surface area contributed by atoms with Crippen molar-refractivity contribution in [1.82, 2.24) is 9.38 Å². The smallest absolute Gasteiger partial charge is 0.137 e. The molecule has 3 nitrogen and oxygen atoms in total. The average Bonchev–Trinajstić information content (AvgIpc) is 2.87. The Morgan fingerprint density at radius 1 is 1.14 bits per heavy atom. The third-order valence-electron chi connectivity index (χ3n) is 4.33. The molecule has 2 aromatic heterocycles. The second kappa shape index (κ2) is 5.58. The molecule has 0 aliphatic heterocycles. The molecule has 0 bridgehead atoms. The van der Waals surface area contributed by atoms with Crippen LogP contribution in [-0.2, 0) is 0 Å². The molecule has 0 saturated heterocycles. The Kier molecular flexibility index (Phi) is 3.75. The number of nitrogens with zero attached hydrogens (tertiary/aromatic N) is 2. The highest BCUT2D eigenvalue weighted by atomic mass is 15.0. The summed E-state index contributed by atoms with van der Waals surface area (Å²) in [7, 11) is 0. The fourth-order valence-electron chi connectivity index (χ4n) is 3.12. The summed E-state index contributed by atoms with van der Waals surface area (Å²) in [5, 5.41) is 0. The van der Waals surface area contributed by atoms with Crippen LogP contribution in [0.1, 0.15) is 35.4 Å². The van der Waals surface area contributed by atoms with Crippen LogP contribution < -0.4 is 5.73 Å². The number of aryl methyl sites for hydroxylation is 3. The summed E-state index contributed by atoms with van der Waals surface area (Å²) in [4.78, 5) is 4.91. The van der Waals surface area contributed by atoms with Crippen LogP contribution in [-0.4, -0.2) is 15.9 Å². The molecule has 0 aliphatic carbocycles. The first-order valence-electron chi connectivity index (χ1n) is 7.78. The Balaban J connectivity index is 2.36. The van der Waals surface area contributed by atoms with E-state index in [1.54, 1.807) is 0 Å². The molecule has 0 spiro atoms. The third-order valence-corrected chi connectivity index (χ3v) is 4.33. The average molecular weight is 293 g/mol. The van der Waals surface area contributed by atoms with E-state index >= 15 is 0 Å². The minimum Gasteiger partial charge on any atom is -0.330 e. The topological polar surface area (TPSA) is 43.3 Å². The van der Waals surface area contributed by atoms with E-state index in [-0.39, 0.29) is 5.92 Å². The standard InChI is InChI=1S/C19H23N3/c1-12-8-9-16(13(2)10-12)18-19(14(3)11-20)22-15(4)6-5-7-17(22)21-18/h5-10,14H,11,20H2,1-4H3. The van der Waals surface area contributed by atoms with Crippen molar-refractivity contribution >= 4 is 5.65 Å². The first-order chi connectivity index (χ1) is 10.5. The highest BCUT2D eigenvalue weighted by Gasteiger charge is 2.20. The number of hydrogen-bond acceptors (Lipinski definition) is 2. The number of pyridine rings is 1. The number of fused-ring (bicyclic) bond motifs is 1. The number of nitrogens with two attached hydrogens (primary N) is 1. The van der Waals surface area contributed by atoms with Gasteiger partial charge in [0.1, 0.15) is 5.65 Å². The van der Waals surface area contributed by atoms with Crippen LogP contribution in [0.2, 0.25) is 0 Å². The van der Waals surface area contributed by atoms with Crippen LogP contribution >= 0.6 is 0 Å². The molecule has 0 radical (unpaired) electrons. The quantitative estimate of drug-likeness (QED) is 0.793. The minimum atomic E-state index is 0.256. The van der Waals surface area contributed by atoms with Gasteiger partial charge in [0.15, 0.2) is 0 Å². The molecule has 3 aromatic rings. The SMILES string of the molecule is Cc1ccc(-c2nc3cccc(C)n3c2C(C)CN)c(C)c1. The molecule has 2 N–H and O–H groups in total. The van der Waals surface area contributed by atoms with Gasteiger partial charge >= 0.3 is 0 Å². The molecule has 0 aliphatic rings. The summed E-state index contributed by atoms with van der Waals surface area (Å²) in [5.74, 6) is 0.256.